The molecule has 1 aromatic carbocycles. The van der Waals surface area contributed by atoms with Gasteiger partial charge in [0.1, 0.15) is 18.3 Å². The normalized spacial score (nSPS) is 18.3. The van der Waals surface area contributed by atoms with Gasteiger partial charge in [-0.3, -0.25) is 0 Å². The SMILES string of the molecule is O=C(OCC1CO1)c1cc2cc(Br)ccc2o1. The predicted octanol–water partition coefficient (Wildman–Crippen LogP) is 2.75. The molecule has 5 heteroatoms. The second-order valence-corrected chi connectivity index (χ2v) is 4.76. The van der Waals surface area contributed by atoms with Gasteiger partial charge in [-0.05, 0) is 24.3 Å². The third-order valence-electron chi connectivity index (χ3n) is 2.48. The number of carbonyl (C=O) groups is 1. The summed E-state index contributed by atoms with van der Waals surface area (Å²) in [5.74, 6) is -0.230. The highest BCUT2D eigenvalue weighted by atomic mass is 79.9. The minimum absolute atomic E-state index is 0.0671. The molecule has 0 aliphatic carbocycles. The average Bonchev–Trinajstić information content (AvgIpc) is 3.04. The summed E-state index contributed by atoms with van der Waals surface area (Å²) >= 11 is 3.36. The van der Waals surface area contributed by atoms with Gasteiger partial charge >= 0.3 is 5.97 Å². The van der Waals surface area contributed by atoms with E-state index >= 15 is 0 Å². The van der Waals surface area contributed by atoms with Crippen LogP contribution in [0.2, 0.25) is 0 Å². The van der Waals surface area contributed by atoms with Crippen molar-refractivity contribution in [2.75, 3.05) is 13.2 Å². The molecule has 88 valence electrons. The van der Waals surface area contributed by atoms with Crippen molar-refractivity contribution in [1.82, 2.24) is 0 Å². The van der Waals surface area contributed by atoms with Crippen LogP contribution < -0.4 is 0 Å². The van der Waals surface area contributed by atoms with Crippen molar-refractivity contribution in [3.05, 3.63) is 34.5 Å². The Morgan fingerprint density at radius 3 is 3.06 bits per heavy atom. The molecule has 1 aliphatic heterocycles. The number of hydrogen-bond acceptors (Lipinski definition) is 4. The third kappa shape index (κ3) is 2.35. The van der Waals surface area contributed by atoms with Gasteiger partial charge in [0, 0.05) is 9.86 Å². The first kappa shape index (κ1) is 10.8. The largest absolute Gasteiger partial charge is 0.457 e. The quantitative estimate of drug-likeness (QED) is 0.645. The van der Waals surface area contributed by atoms with E-state index in [2.05, 4.69) is 15.9 Å². The molecule has 2 heterocycles. The zero-order chi connectivity index (χ0) is 11.8. The van der Waals surface area contributed by atoms with E-state index in [0.717, 1.165) is 9.86 Å². The van der Waals surface area contributed by atoms with Crippen molar-refractivity contribution in [3.8, 4) is 0 Å². The lowest BCUT2D eigenvalue weighted by atomic mass is 10.2. The van der Waals surface area contributed by atoms with Crippen LogP contribution >= 0.6 is 15.9 Å². The number of fused-ring (bicyclic) bond motifs is 1. The highest BCUT2D eigenvalue weighted by Crippen LogP contribution is 2.24. The first-order valence-corrected chi connectivity index (χ1v) is 5.99. The fraction of sp³-hybridized carbons (Fsp3) is 0.250. The van der Waals surface area contributed by atoms with Gasteiger partial charge in [-0.25, -0.2) is 4.79 Å². The van der Waals surface area contributed by atoms with E-state index in [1.165, 1.54) is 0 Å². The van der Waals surface area contributed by atoms with Gasteiger partial charge in [-0.1, -0.05) is 15.9 Å². The molecule has 0 spiro atoms. The summed E-state index contributed by atoms with van der Waals surface area (Å²) in [4.78, 5) is 11.6. The van der Waals surface area contributed by atoms with Crippen LogP contribution in [0.5, 0.6) is 0 Å². The Kier molecular flexibility index (Phi) is 2.64. The van der Waals surface area contributed by atoms with Crippen LogP contribution in [0.1, 0.15) is 10.6 Å². The second kappa shape index (κ2) is 4.16. The van der Waals surface area contributed by atoms with Gasteiger partial charge in [0.05, 0.1) is 6.61 Å². The van der Waals surface area contributed by atoms with Crippen molar-refractivity contribution in [1.29, 1.82) is 0 Å². The number of furan rings is 1. The van der Waals surface area contributed by atoms with E-state index in [1.807, 2.05) is 12.1 Å². The molecule has 1 aromatic heterocycles. The minimum Gasteiger partial charge on any atom is -0.457 e. The number of carbonyl (C=O) groups excluding carboxylic acids is 1. The highest BCUT2D eigenvalue weighted by molar-refractivity contribution is 9.10. The Morgan fingerprint density at radius 1 is 1.47 bits per heavy atom. The van der Waals surface area contributed by atoms with Crippen molar-refractivity contribution >= 4 is 32.9 Å². The number of benzene rings is 1. The minimum atomic E-state index is -0.451. The molecule has 0 N–H and O–H groups in total. The van der Waals surface area contributed by atoms with E-state index < -0.39 is 5.97 Å². The molecule has 1 saturated heterocycles. The molecule has 2 aromatic rings. The molecular formula is C12H9BrO4. The van der Waals surface area contributed by atoms with Crippen LogP contribution in [0.25, 0.3) is 11.0 Å². The van der Waals surface area contributed by atoms with Crippen molar-refractivity contribution in [2.45, 2.75) is 6.10 Å². The Balaban J connectivity index is 1.81. The molecule has 1 fully saturated rings. The van der Waals surface area contributed by atoms with Gasteiger partial charge in [0.25, 0.3) is 0 Å². The summed E-state index contributed by atoms with van der Waals surface area (Å²) < 4.78 is 16.3. The fourth-order valence-corrected chi connectivity index (χ4v) is 1.90. The Labute approximate surface area is 106 Å². The Bertz CT molecular complexity index is 571. The Hall–Kier alpha value is -1.33. The Morgan fingerprint density at radius 2 is 2.29 bits per heavy atom. The molecule has 4 nitrogen and oxygen atoms in total. The lowest BCUT2D eigenvalue weighted by Crippen LogP contribution is -2.08. The van der Waals surface area contributed by atoms with Crippen LogP contribution in [0, 0.1) is 0 Å². The highest BCUT2D eigenvalue weighted by Gasteiger charge is 2.25. The van der Waals surface area contributed by atoms with Crippen molar-refractivity contribution in [3.63, 3.8) is 0 Å². The predicted molar refractivity (Wildman–Crippen MR) is 63.9 cm³/mol. The summed E-state index contributed by atoms with van der Waals surface area (Å²) in [6, 6.07) is 7.23. The van der Waals surface area contributed by atoms with Gasteiger partial charge in [-0.2, -0.15) is 0 Å². The standard InChI is InChI=1S/C12H9BrO4/c13-8-1-2-10-7(3-8)4-11(17-10)12(14)16-6-9-5-15-9/h1-4,9H,5-6H2. The molecule has 0 bridgehead atoms. The summed E-state index contributed by atoms with van der Waals surface area (Å²) in [5.41, 5.74) is 0.669. The van der Waals surface area contributed by atoms with E-state index in [9.17, 15) is 4.79 Å². The fourth-order valence-electron chi connectivity index (χ4n) is 1.52. The average molecular weight is 297 g/mol. The smallest absolute Gasteiger partial charge is 0.374 e. The lowest BCUT2D eigenvalue weighted by Gasteiger charge is -1.98. The molecule has 1 atom stereocenters. The molecular weight excluding hydrogens is 288 g/mol. The van der Waals surface area contributed by atoms with E-state index in [4.69, 9.17) is 13.9 Å². The first-order valence-electron chi connectivity index (χ1n) is 5.20. The molecule has 0 radical (unpaired) electrons. The number of rotatable bonds is 3. The summed E-state index contributed by atoms with van der Waals surface area (Å²) in [6.07, 6.45) is 0.0671. The van der Waals surface area contributed by atoms with E-state index in [1.54, 1.807) is 12.1 Å². The van der Waals surface area contributed by atoms with Crippen LogP contribution in [-0.2, 0) is 9.47 Å². The summed E-state index contributed by atoms with van der Waals surface area (Å²) in [6.45, 7) is 0.958. The van der Waals surface area contributed by atoms with Crippen molar-refractivity contribution in [2.24, 2.45) is 0 Å². The molecule has 1 aliphatic rings. The molecule has 0 saturated carbocycles. The summed E-state index contributed by atoms with van der Waals surface area (Å²) in [7, 11) is 0. The van der Waals surface area contributed by atoms with Crippen LogP contribution in [0.3, 0.4) is 0 Å². The molecule has 1 unspecified atom stereocenters. The number of halogens is 1. The molecule has 0 amide bonds. The zero-order valence-corrected chi connectivity index (χ0v) is 10.4. The monoisotopic (exact) mass is 296 g/mol. The maximum Gasteiger partial charge on any atom is 0.374 e. The molecule has 17 heavy (non-hydrogen) atoms. The van der Waals surface area contributed by atoms with Gasteiger partial charge < -0.3 is 13.9 Å². The number of hydrogen-bond donors (Lipinski definition) is 0. The van der Waals surface area contributed by atoms with Gasteiger partial charge in [-0.15, -0.1) is 0 Å². The lowest BCUT2D eigenvalue weighted by molar-refractivity contribution is 0.0443. The maximum atomic E-state index is 11.6. The van der Waals surface area contributed by atoms with Crippen LogP contribution in [0.4, 0.5) is 0 Å². The van der Waals surface area contributed by atoms with Crippen molar-refractivity contribution < 1.29 is 18.7 Å². The van der Waals surface area contributed by atoms with E-state index in [0.29, 0.717) is 18.8 Å². The zero-order valence-electron chi connectivity index (χ0n) is 8.81. The topological polar surface area (TPSA) is 52.0 Å². The van der Waals surface area contributed by atoms with Crippen LogP contribution in [0.15, 0.2) is 33.2 Å². The van der Waals surface area contributed by atoms with E-state index in [-0.39, 0.29) is 11.9 Å². The van der Waals surface area contributed by atoms with Crippen LogP contribution in [-0.4, -0.2) is 25.3 Å². The summed E-state index contributed by atoms with van der Waals surface area (Å²) in [5, 5.41) is 0.869. The second-order valence-electron chi connectivity index (χ2n) is 3.85. The van der Waals surface area contributed by atoms with Gasteiger partial charge in [0.15, 0.2) is 0 Å². The first-order chi connectivity index (χ1) is 8.22. The molecule has 3 rings (SSSR count). The number of epoxide rings is 1. The van der Waals surface area contributed by atoms with Gasteiger partial charge in [0.2, 0.25) is 5.76 Å². The number of ether oxygens (including phenoxy) is 2. The third-order valence-corrected chi connectivity index (χ3v) is 2.98. The maximum absolute atomic E-state index is 11.6. The number of esters is 1.